The number of methoxy groups -OCH3 is 1. The van der Waals surface area contributed by atoms with Gasteiger partial charge in [0, 0.05) is 0 Å². The van der Waals surface area contributed by atoms with E-state index in [1.807, 2.05) is 0 Å². The molecule has 0 fully saturated rings. The Kier molecular flexibility index (Phi) is 2.11. The van der Waals surface area contributed by atoms with Crippen LogP contribution in [0.15, 0.2) is 18.2 Å². The molecule has 2 rings (SSSR count). The fourth-order valence-corrected chi connectivity index (χ4v) is 1.39. The molecule has 0 saturated heterocycles. The summed E-state index contributed by atoms with van der Waals surface area (Å²) in [5.41, 5.74) is 0.387. The third-order valence-corrected chi connectivity index (χ3v) is 2.09. The van der Waals surface area contributed by atoms with Crippen LogP contribution in [0.25, 0.3) is 0 Å². The number of carbonyl (C=O) groups excluding carboxylic acids is 1. The number of fused-ring (bicyclic) bond motifs is 1. The van der Waals surface area contributed by atoms with E-state index < -0.39 is 6.36 Å². The topological polar surface area (TPSA) is 35.5 Å². The van der Waals surface area contributed by atoms with Crippen LogP contribution in [0, 0.1) is 0 Å². The number of alkyl halides is 1. The SMILES string of the molecule is COc1ccc2c(c1)C(=O)CC(F)O2. The molecular formula is C10H9FO3. The van der Waals surface area contributed by atoms with Crippen molar-refractivity contribution in [1.29, 1.82) is 0 Å². The van der Waals surface area contributed by atoms with E-state index in [9.17, 15) is 9.18 Å². The minimum Gasteiger partial charge on any atom is -0.497 e. The van der Waals surface area contributed by atoms with E-state index >= 15 is 0 Å². The molecule has 1 atom stereocenters. The fourth-order valence-electron chi connectivity index (χ4n) is 1.39. The van der Waals surface area contributed by atoms with Gasteiger partial charge in [-0.1, -0.05) is 0 Å². The van der Waals surface area contributed by atoms with E-state index in [0.29, 0.717) is 11.3 Å². The summed E-state index contributed by atoms with van der Waals surface area (Å²) < 4.78 is 22.6. The van der Waals surface area contributed by atoms with Crippen LogP contribution in [0.4, 0.5) is 4.39 Å². The van der Waals surface area contributed by atoms with E-state index in [1.54, 1.807) is 12.1 Å². The van der Waals surface area contributed by atoms with Crippen LogP contribution < -0.4 is 9.47 Å². The van der Waals surface area contributed by atoms with Gasteiger partial charge in [0.1, 0.15) is 11.5 Å². The maximum Gasteiger partial charge on any atom is 0.245 e. The number of benzene rings is 1. The van der Waals surface area contributed by atoms with Crippen molar-refractivity contribution in [2.75, 3.05) is 7.11 Å². The van der Waals surface area contributed by atoms with Crippen molar-refractivity contribution < 1.29 is 18.7 Å². The summed E-state index contributed by atoms with van der Waals surface area (Å²) in [5.74, 6) is 0.602. The third-order valence-electron chi connectivity index (χ3n) is 2.09. The lowest BCUT2D eigenvalue weighted by molar-refractivity contribution is 0.0419. The zero-order chi connectivity index (χ0) is 10.1. The molecule has 0 radical (unpaired) electrons. The van der Waals surface area contributed by atoms with Gasteiger partial charge in [0.2, 0.25) is 6.36 Å². The van der Waals surface area contributed by atoms with E-state index in [4.69, 9.17) is 9.47 Å². The predicted octanol–water partition coefficient (Wildman–Crippen LogP) is 1.96. The van der Waals surface area contributed by atoms with Crippen LogP contribution in [0.3, 0.4) is 0 Å². The first kappa shape index (κ1) is 8.99. The summed E-state index contributed by atoms with van der Waals surface area (Å²) in [4.78, 5) is 11.4. The highest BCUT2D eigenvalue weighted by Crippen LogP contribution is 2.30. The van der Waals surface area contributed by atoms with Crippen LogP contribution in [-0.4, -0.2) is 19.3 Å². The first-order chi connectivity index (χ1) is 6.70. The van der Waals surface area contributed by atoms with Crippen molar-refractivity contribution in [3.63, 3.8) is 0 Å². The molecule has 1 aromatic rings. The number of carbonyl (C=O) groups is 1. The standard InChI is InChI=1S/C10H9FO3/c1-13-6-2-3-9-7(4-6)8(12)5-10(11)14-9/h2-4,10H,5H2,1H3. The van der Waals surface area contributed by atoms with Crippen LogP contribution in [0.2, 0.25) is 0 Å². The third kappa shape index (κ3) is 1.43. The van der Waals surface area contributed by atoms with Crippen molar-refractivity contribution >= 4 is 5.78 Å². The van der Waals surface area contributed by atoms with Gasteiger partial charge in [0.05, 0.1) is 19.1 Å². The van der Waals surface area contributed by atoms with Crippen LogP contribution >= 0.6 is 0 Å². The molecule has 14 heavy (non-hydrogen) atoms. The van der Waals surface area contributed by atoms with Gasteiger partial charge in [-0.3, -0.25) is 4.79 Å². The Labute approximate surface area is 80.4 Å². The van der Waals surface area contributed by atoms with Gasteiger partial charge >= 0.3 is 0 Å². The zero-order valence-electron chi connectivity index (χ0n) is 7.62. The number of ketones is 1. The maximum absolute atomic E-state index is 12.8. The van der Waals surface area contributed by atoms with Crippen molar-refractivity contribution in [3.05, 3.63) is 23.8 Å². The minimum absolute atomic E-state index is 0.222. The van der Waals surface area contributed by atoms with Gasteiger partial charge in [-0.15, -0.1) is 0 Å². The Balaban J connectivity index is 2.44. The summed E-state index contributed by atoms with van der Waals surface area (Å²) in [6.45, 7) is 0. The number of ether oxygens (including phenoxy) is 2. The highest BCUT2D eigenvalue weighted by molar-refractivity contribution is 6.00. The normalized spacial score (nSPS) is 19.9. The van der Waals surface area contributed by atoms with Crippen LogP contribution in [-0.2, 0) is 0 Å². The quantitative estimate of drug-likeness (QED) is 0.688. The maximum atomic E-state index is 12.8. The molecule has 0 N–H and O–H groups in total. The Morgan fingerprint density at radius 1 is 1.57 bits per heavy atom. The number of halogens is 1. The number of Topliss-reactive ketones (excluding diaryl/α,β-unsaturated/α-hetero) is 1. The molecule has 0 aromatic heterocycles. The molecule has 1 aliphatic heterocycles. The average molecular weight is 196 g/mol. The second-order valence-corrected chi connectivity index (χ2v) is 3.02. The molecule has 1 unspecified atom stereocenters. The molecule has 74 valence electrons. The van der Waals surface area contributed by atoms with E-state index in [0.717, 1.165) is 0 Å². The van der Waals surface area contributed by atoms with Crippen molar-refractivity contribution in [3.8, 4) is 11.5 Å². The van der Waals surface area contributed by atoms with Crippen molar-refractivity contribution in [2.24, 2.45) is 0 Å². The van der Waals surface area contributed by atoms with Crippen molar-refractivity contribution in [1.82, 2.24) is 0 Å². The van der Waals surface area contributed by atoms with Gasteiger partial charge in [0.15, 0.2) is 5.78 Å². The monoisotopic (exact) mass is 196 g/mol. The molecule has 3 nitrogen and oxygen atoms in total. The van der Waals surface area contributed by atoms with Crippen LogP contribution in [0.1, 0.15) is 16.8 Å². The smallest absolute Gasteiger partial charge is 0.245 e. The first-order valence-electron chi connectivity index (χ1n) is 4.22. The van der Waals surface area contributed by atoms with E-state index in [2.05, 4.69) is 0 Å². The number of rotatable bonds is 1. The summed E-state index contributed by atoms with van der Waals surface area (Å²) in [7, 11) is 1.51. The molecule has 1 heterocycles. The van der Waals surface area contributed by atoms with Gasteiger partial charge in [-0.05, 0) is 18.2 Å². The summed E-state index contributed by atoms with van der Waals surface area (Å²) >= 11 is 0. The second kappa shape index (κ2) is 3.29. The lowest BCUT2D eigenvalue weighted by atomic mass is 10.0. The Hall–Kier alpha value is -1.58. The second-order valence-electron chi connectivity index (χ2n) is 3.02. The minimum atomic E-state index is -1.52. The Morgan fingerprint density at radius 2 is 2.36 bits per heavy atom. The molecule has 0 bridgehead atoms. The molecule has 0 spiro atoms. The molecule has 4 heteroatoms. The van der Waals surface area contributed by atoms with E-state index in [1.165, 1.54) is 13.2 Å². The molecule has 0 amide bonds. The summed E-state index contributed by atoms with van der Waals surface area (Å²) in [6.07, 6.45) is -1.75. The van der Waals surface area contributed by atoms with Gasteiger partial charge in [-0.2, -0.15) is 0 Å². The fraction of sp³-hybridized carbons (Fsp3) is 0.300. The lowest BCUT2D eigenvalue weighted by Gasteiger charge is -2.19. The van der Waals surface area contributed by atoms with Gasteiger partial charge in [0.25, 0.3) is 0 Å². The molecule has 0 aliphatic carbocycles. The predicted molar refractivity (Wildman–Crippen MR) is 47.5 cm³/mol. The zero-order valence-corrected chi connectivity index (χ0v) is 7.62. The molecule has 1 aliphatic rings. The molecule has 1 aromatic carbocycles. The highest BCUT2D eigenvalue weighted by atomic mass is 19.1. The summed E-state index contributed by atoms with van der Waals surface area (Å²) in [5, 5.41) is 0. The number of hydrogen-bond acceptors (Lipinski definition) is 3. The van der Waals surface area contributed by atoms with Gasteiger partial charge in [-0.25, -0.2) is 4.39 Å². The Bertz CT molecular complexity index is 376. The summed E-state index contributed by atoms with van der Waals surface area (Å²) in [6, 6.07) is 4.73. The average Bonchev–Trinajstić information content (AvgIpc) is 2.17. The van der Waals surface area contributed by atoms with Gasteiger partial charge < -0.3 is 9.47 Å². The lowest BCUT2D eigenvalue weighted by Crippen LogP contribution is -2.22. The highest BCUT2D eigenvalue weighted by Gasteiger charge is 2.26. The number of hydrogen-bond donors (Lipinski definition) is 0. The largest absolute Gasteiger partial charge is 0.497 e. The molecular weight excluding hydrogens is 187 g/mol. The first-order valence-corrected chi connectivity index (χ1v) is 4.22. The Morgan fingerprint density at radius 3 is 3.07 bits per heavy atom. The van der Waals surface area contributed by atoms with E-state index in [-0.39, 0.29) is 18.0 Å². The van der Waals surface area contributed by atoms with Crippen LogP contribution in [0.5, 0.6) is 11.5 Å². The molecule has 0 saturated carbocycles. The van der Waals surface area contributed by atoms with Crippen molar-refractivity contribution in [2.45, 2.75) is 12.8 Å².